The molecule has 0 aliphatic rings. The number of rotatable bonds is 1. The highest BCUT2D eigenvalue weighted by Gasteiger charge is 2.02. The van der Waals surface area contributed by atoms with Gasteiger partial charge in [0.2, 0.25) is 0 Å². The van der Waals surface area contributed by atoms with Crippen molar-refractivity contribution in [2.75, 3.05) is 0 Å². The quantitative estimate of drug-likeness (QED) is 0.637. The van der Waals surface area contributed by atoms with E-state index < -0.39 is 0 Å². The Hall–Kier alpha value is -1.57. The molecule has 1 heterocycles. The molecule has 0 saturated heterocycles. The van der Waals surface area contributed by atoms with E-state index in [9.17, 15) is 0 Å². The lowest BCUT2D eigenvalue weighted by Crippen LogP contribution is -1.80. The summed E-state index contributed by atoms with van der Waals surface area (Å²) in [6.45, 7) is 3.89. The number of hydrogen-bond donors (Lipinski definition) is 0. The van der Waals surface area contributed by atoms with Crippen LogP contribution in [0.4, 0.5) is 0 Å². The van der Waals surface area contributed by atoms with Crippen LogP contribution in [0.25, 0.3) is 11.3 Å². The first kappa shape index (κ1) is 7.10. The van der Waals surface area contributed by atoms with E-state index in [4.69, 9.17) is 4.52 Å². The average molecular weight is 158 g/mol. The predicted molar refractivity (Wildman–Crippen MR) is 46.4 cm³/mol. The monoisotopic (exact) mass is 158 g/mol. The zero-order chi connectivity index (χ0) is 8.39. The zero-order valence-corrected chi connectivity index (χ0v) is 6.53. The van der Waals surface area contributed by atoms with Gasteiger partial charge in [-0.15, -0.1) is 0 Å². The smallest absolute Gasteiger partial charge is 0.124 e. The van der Waals surface area contributed by atoms with Crippen molar-refractivity contribution in [2.45, 2.75) is 0 Å². The summed E-state index contributed by atoms with van der Waals surface area (Å²) in [5.41, 5.74) is 2.82. The van der Waals surface area contributed by atoms with E-state index >= 15 is 0 Å². The maximum atomic E-state index is 4.75. The fourth-order valence-electron chi connectivity index (χ4n) is 1.12. The Balaban J connectivity index is 2.55. The van der Waals surface area contributed by atoms with Crippen LogP contribution in [0.5, 0.6) is 0 Å². The van der Waals surface area contributed by atoms with Crippen molar-refractivity contribution < 1.29 is 4.52 Å². The summed E-state index contributed by atoms with van der Waals surface area (Å²) < 4.78 is 4.75. The molecule has 2 aromatic rings. The lowest BCUT2D eigenvalue weighted by atomic mass is 10.1. The Kier molecular flexibility index (Phi) is 1.67. The second-order valence-corrected chi connectivity index (χ2v) is 2.54. The molecule has 0 spiro atoms. The molecule has 0 amide bonds. The Morgan fingerprint density at radius 3 is 2.67 bits per heavy atom. The average Bonchev–Trinajstić information content (AvgIpc) is 2.57. The van der Waals surface area contributed by atoms with Gasteiger partial charge in [0.1, 0.15) is 12.0 Å². The molecule has 1 aromatic heterocycles. The van der Waals surface area contributed by atoms with Crippen LogP contribution < -0.4 is 0 Å². The second-order valence-electron chi connectivity index (χ2n) is 2.54. The van der Waals surface area contributed by atoms with E-state index in [1.54, 1.807) is 6.26 Å². The minimum absolute atomic E-state index is 0.834. The Morgan fingerprint density at radius 1 is 1.17 bits per heavy atom. The third-order valence-electron chi connectivity index (χ3n) is 1.73. The maximum absolute atomic E-state index is 4.75. The number of benzene rings is 1. The van der Waals surface area contributed by atoms with Gasteiger partial charge in [0.15, 0.2) is 0 Å². The SMILES string of the molecule is [CH2]c1ccccc1-c1ccon1. The molecule has 0 bridgehead atoms. The first-order valence-electron chi connectivity index (χ1n) is 3.69. The minimum Gasteiger partial charge on any atom is -0.364 e. The summed E-state index contributed by atoms with van der Waals surface area (Å²) in [6.07, 6.45) is 1.56. The van der Waals surface area contributed by atoms with Crippen LogP contribution in [0.15, 0.2) is 41.1 Å². The molecule has 0 unspecified atom stereocenters. The van der Waals surface area contributed by atoms with E-state index in [-0.39, 0.29) is 0 Å². The molecule has 1 aromatic carbocycles. The summed E-state index contributed by atoms with van der Waals surface area (Å²) in [6, 6.07) is 9.65. The van der Waals surface area contributed by atoms with Crippen LogP contribution in [-0.2, 0) is 0 Å². The topological polar surface area (TPSA) is 26.0 Å². The lowest BCUT2D eigenvalue weighted by Gasteiger charge is -1.98. The standard InChI is InChI=1S/C10H8NO/c1-8-4-2-3-5-9(8)10-6-7-12-11-10/h2-7H,1H2. The van der Waals surface area contributed by atoms with Gasteiger partial charge in [0, 0.05) is 11.6 Å². The molecule has 0 fully saturated rings. The maximum Gasteiger partial charge on any atom is 0.124 e. The van der Waals surface area contributed by atoms with Crippen LogP contribution >= 0.6 is 0 Å². The Labute approximate surface area is 70.8 Å². The van der Waals surface area contributed by atoms with E-state index in [2.05, 4.69) is 12.1 Å². The summed E-state index contributed by atoms with van der Waals surface area (Å²) in [7, 11) is 0. The third kappa shape index (κ3) is 1.11. The number of nitrogens with zero attached hydrogens (tertiary/aromatic N) is 1. The van der Waals surface area contributed by atoms with Gasteiger partial charge in [-0.3, -0.25) is 0 Å². The van der Waals surface area contributed by atoms with Crippen molar-refractivity contribution >= 4 is 0 Å². The molecule has 0 aliphatic heterocycles. The van der Waals surface area contributed by atoms with E-state index in [0.29, 0.717) is 0 Å². The van der Waals surface area contributed by atoms with Crippen molar-refractivity contribution in [1.82, 2.24) is 5.16 Å². The van der Waals surface area contributed by atoms with Crippen LogP contribution in [0, 0.1) is 6.92 Å². The molecular weight excluding hydrogens is 150 g/mol. The molecule has 2 heteroatoms. The van der Waals surface area contributed by atoms with Gasteiger partial charge in [0.25, 0.3) is 0 Å². The van der Waals surface area contributed by atoms with Crippen molar-refractivity contribution in [1.29, 1.82) is 0 Å². The minimum atomic E-state index is 0.834. The highest BCUT2D eigenvalue weighted by Crippen LogP contribution is 2.20. The van der Waals surface area contributed by atoms with Crippen molar-refractivity contribution in [2.24, 2.45) is 0 Å². The molecule has 59 valence electrons. The summed E-state index contributed by atoms with van der Waals surface area (Å²) >= 11 is 0. The second kappa shape index (κ2) is 2.81. The van der Waals surface area contributed by atoms with Crippen LogP contribution in [0.1, 0.15) is 5.56 Å². The molecule has 0 atom stereocenters. The molecule has 1 radical (unpaired) electrons. The summed E-state index contributed by atoms with van der Waals surface area (Å²) in [5, 5.41) is 3.83. The molecule has 2 rings (SSSR count). The van der Waals surface area contributed by atoms with Gasteiger partial charge in [-0.25, -0.2) is 0 Å². The van der Waals surface area contributed by atoms with Crippen molar-refractivity contribution in [3.63, 3.8) is 0 Å². The molecule has 0 saturated carbocycles. The van der Waals surface area contributed by atoms with Gasteiger partial charge >= 0.3 is 0 Å². The summed E-state index contributed by atoms with van der Waals surface area (Å²) in [4.78, 5) is 0. The highest BCUT2D eigenvalue weighted by atomic mass is 16.5. The van der Waals surface area contributed by atoms with Crippen LogP contribution in [0.3, 0.4) is 0 Å². The number of hydrogen-bond acceptors (Lipinski definition) is 2. The lowest BCUT2D eigenvalue weighted by molar-refractivity contribution is 0.422. The largest absolute Gasteiger partial charge is 0.364 e. The van der Waals surface area contributed by atoms with Gasteiger partial charge < -0.3 is 4.52 Å². The predicted octanol–water partition coefficient (Wildman–Crippen LogP) is 2.52. The van der Waals surface area contributed by atoms with Crippen molar-refractivity contribution in [3.8, 4) is 11.3 Å². The van der Waals surface area contributed by atoms with E-state index in [1.807, 2.05) is 30.3 Å². The van der Waals surface area contributed by atoms with Crippen molar-refractivity contribution in [3.05, 3.63) is 49.1 Å². The molecule has 0 aliphatic carbocycles. The summed E-state index contributed by atoms with van der Waals surface area (Å²) in [5.74, 6) is 0. The van der Waals surface area contributed by atoms with Gasteiger partial charge in [0.05, 0.1) is 0 Å². The van der Waals surface area contributed by atoms with Gasteiger partial charge in [-0.2, -0.15) is 0 Å². The zero-order valence-electron chi connectivity index (χ0n) is 6.53. The van der Waals surface area contributed by atoms with Gasteiger partial charge in [-0.05, 0) is 12.5 Å². The molecular formula is C10H8NO. The van der Waals surface area contributed by atoms with Crippen LogP contribution in [0.2, 0.25) is 0 Å². The third-order valence-corrected chi connectivity index (χ3v) is 1.73. The molecule has 0 N–H and O–H groups in total. The Morgan fingerprint density at radius 2 is 2.00 bits per heavy atom. The van der Waals surface area contributed by atoms with Gasteiger partial charge in [-0.1, -0.05) is 29.4 Å². The molecule has 12 heavy (non-hydrogen) atoms. The highest BCUT2D eigenvalue weighted by molar-refractivity contribution is 5.63. The van der Waals surface area contributed by atoms with Crippen LogP contribution in [-0.4, -0.2) is 5.16 Å². The Bertz CT molecular complexity index is 365. The first-order valence-corrected chi connectivity index (χ1v) is 3.69. The van der Waals surface area contributed by atoms with E-state index in [1.165, 1.54) is 0 Å². The fourth-order valence-corrected chi connectivity index (χ4v) is 1.12. The molecule has 2 nitrogen and oxygen atoms in total. The fraction of sp³-hybridized carbons (Fsp3) is 0. The normalized spacial score (nSPS) is 10.1. The number of aromatic nitrogens is 1. The van der Waals surface area contributed by atoms with E-state index in [0.717, 1.165) is 16.8 Å². The first-order chi connectivity index (χ1) is 5.88.